The number of allylic oxidation sites excluding steroid dienone is 3. The summed E-state index contributed by atoms with van der Waals surface area (Å²) in [7, 11) is 0. The van der Waals surface area contributed by atoms with E-state index in [1.54, 1.807) is 12.4 Å². The number of Topliss-reactive ketones (excluding diaryl/α,β-unsaturated/α-hetero) is 2. The van der Waals surface area contributed by atoms with Crippen molar-refractivity contribution in [1.29, 1.82) is 0 Å². The fourth-order valence-electron chi connectivity index (χ4n) is 4.67. The molecule has 1 aliphatic heterocycles. The highest BCUT2D eigenvalue weighted by molar-refractivity contribution is 6.23. The number of carbonyl (C=O) groups is 2. The fraction of sp³-hybridized carbons (Fsp3) is 0.261. The number of carbonyl (C=O) groups excluding carboxylic acids is 2. The average Bonchev–Trinajstić information content (AvgIpc) is 2.92. The van der Waals surface area contributed by atoms with E-state index in [0.717, 1.165) is 34.5 Å². The van der Waals surface area contributed by atoms with Crippen molar-refractivity contribution in [3.63, 3.8) is 0 Å². The molecule has 4 heteroatoms. The molecule has 4 nitrogen and oxygen atoms in total. The predicted octanol–water partition coefficient (Wildman–Crippen LogP) is 4.02. The summed E-state index contributed by atoms with van der Waals surface area (Å²) in [6, 6.07) is 11.5. The Morgan fingerprint density at radius 3 is 2.52 bits per heavy atom. The van der Waals surface area contributed by atoms with E-state index in [-0.39, 0.29) is 22.9 Å². The summed E-state index contributed by atoms with van der Waals surface area (Å²) in [4.78, 5) is 30.7. The lowest BCUT2D eigenvalue weighted by Crippen LogP contribution is -2.37. The Morgan fingerprint density at radius 1 is 1.00 bits per heavy atom. The largest absolute Gasteiger partial charge is 0.358 e. The number of dihydropyridines is 1. The van der Waals surface area contributed by atoms with Crippen LogP contribution in [0.1, 0.15) is 54.1 Å². The number of pyridine rings is 1. The van der Waals surface area contributed by atoms with Gasteiger partial charge in [-0.05, 0) is 23.5 Å². The highest BCUT2D eigenvalue weighted by atomic mass is 16.1. The monoisotopic (exact) mass is 356 g/mol. The molecule has 0 radical (unpaired) electrons. The molecule has 0 saturated carbocycles. The molecule has 134 valence electrons. The van der Waals surface area contributed by atoms with Crippen LogP contribution in [0, 0.1) is 5.41 Å². The van der Waals surface area contributed by atoms with Crippen molar-refractivity contribution in [1.82, 2.24) is 10.3 Å². The average molecular weight is 356 g/mol. The third kappa shape index (κ3) is 2.33. The van der Waals surface area contributed by atoms with Gasteiger partial charge < -0.3 is 5.32 Å². The van der Waals surface area contributed by atoms with E-state index in [1.165, 1.54) is 0 Å². The molecule has 2 heterocycles. The molecule has 0 unspecified atom stereocenters. The number of nitrogens with zero attached hydrogens (tertiary/aromatic N) is 1. The van der Waals surface area contributed by atoms with Crippen LogP contribution in [0.2, 0.25) is 0 Å². The standard InChI is InChI=1S/C23H20N2O2/c1-23(2)10-16-19(17(26)11-23)18(13-6-5-9-24-12-13)20-21(25-16)14-7-3-4-8-15(14)22(20)27/h3-9,12,18,25H,10-11H2,1-2H3/t18-/m1/s1. The van der Waals surface area contributed by atoms with Crippen LogP contribution in [0.25, 0.3) is 5.70 Å². The molecule has 0 fully saturated rings. The van der Waals surface area contributed by atoms with E-state index in [1.807, 2.05) is 36.4 Å². The van der Waals surface area contributed by atoms with Gasteiger partial charge in [0.15, 0.2) is 11.6 Å². The molecule has 0 amide bonds. The first-order valence-corrected chi connectivity index (χ1v) is 9.28. The predicted molar refractivity (Wildman–Crippen MR) is 103 cm³/mol. The van der Waals surface area contributed by atoms with Gasteiger partial charge in [-0.1, -0.05) is 44.2 Å². The summed E-state index contributed by atoms with van der Waals surface area (Å²) in [6.07, 6.45) is 4.77. The van der Waals surface area contributed by atoms with Crippen molar-refractivity contribution in [2.24, 2.45) is 5.41 Å². The number of benzene rings is 1. The van der Waals surface area contributed by atoms with Crippen molar-refractivity contribution < 1.29 is 9.59 Å². The third-order valence-corrected chi connectivity index (χ3v) is 5.75. The maximum absolute atomic E-state index is 13.3. The Morgan fingerprint density at radius 2 is 1.78 bits per heavy atom. The molecule has 2 aliphatic carbocycles. The highest BCUT2D eigenvalue weighted by Gasteiger charge is 2.46. The van der Waals surface area contributed by atoms with E-state index >= 15 is 0 Å². The van der Waals surface area contributed by atoms with Crippen LogP contribution in [0.5, 0.6) is 0 Å². The Bertz CT molecular complexity index is 1060. The van der Waals surface area contributed by atoms with Crippen molar-refractivity contribution in [2.45, 2.75) is 32.6 Å². The first kappa shape index (κ1) is 16.2. The summed E-state index contributed by atoms with van der Waals surface area (Å²) in [6.45, 7) is 4.24. The molecule has 5 rings (SSSR count). The Hall–Kier alpha value is -3.01. The van der Waals surface area contributed by atoms with Gasteiger partial charge >= 0.3 is 0 Å². The van der Waals surface area contributed by atoms with Gasteiger partial charge in [0.05, 0.1) is 5.70 Å². The number of rotatable bonds is 1. The van der Waals surface area contributed by atoms with E-state index in [2.05, 4.69) is 24.1 Å². The first-order chi connectivity index (χ1) is 13.0. The molecule has 1 aromatic carbocycles. The van der Waals surface area contributed by atoms with Gasteiger partial charge in [-0.25, -0.2) is 0 Å². The molecule has 27 heavy (non-hydrogen) atoms. The van der Waals surface area contributed by atoms with Crippen LogP contribution in [0.3, 0.4) is 0 Å². The zero-order chi connectivity index (χ0) is 18.8. The molecule has 1 atom stereocenters. The summed E-state index contributed by atoms with van der Waals surface area (Å²) < 4.78 is 0. The van der Waals surface area contributed by atoms with Crippen molar-refractivity contribution in [3.05, 3.63) is 82.3 Å². The van der Waals surface area contributed by atoms with Gasteiger partial charge in [0.2, 0.25) is 0 Å². The number of ketones is 2. The van der Waals surface area contributed by atoms with Crippen LogP contribution < -0.4 is 5.32 Å². The van der Waals surface area contributed by atoms with Crippen molar-refractivity contribution in [2.75, 3.05) is 0 Å². The normalized spacial score (nSPS) is 23.0. The molecule has 2 aromatic rings. The lowest BCUT2D eigenvalue weighted by Gasteiger charge is -2.38. The minimum absolute atomic E-state index is 0.00568. The van der Waals surface area contributed by atoms with Crippen molar-refractivity contribution in [3.8, 4) is 0 Å². The van der Waals surface area contributed by atoms with Crippen LogP contribution in [0.15, 0.2) is 65.6 Å². The molecule has 1 aromatic heterocycles. The lowest BCUT2D eigenvalue weighted by atomic mass is 9.68. The van der Waals surface area contributed by atoms with E-state index in [0.29, 0.717) is 17.6 Å². The SMILES string of the molecule is CC1(C)CC(=O)C2=C(C1)NC1=C(C(=O)c3ccccc31)[C@@H]2c1cccnc1. The summed E-state index contributed by atoms with van der Waals surface area (Å²) in [5.74, 6) is -0.225. The molecule has 0 bridgehead atoms. The second kappa shape index (κ2) is 5.49. The van der Waals surface area contributed by atoms with Gasteiger partial charge in [-0.15, -0.1) is 0 Å². The number of hydrogen-bond acceptors (Lipinski definition) is 4. The minimum Gasteiger partial charge on any atom is -0.358 e. The van der Waals surface area contributed by atoms with Crippen LogP contribution >= 0.6 is 0 Å². The topological polar surface area (TPSA) is 59.1 Å². The summed E-state index contributed by atoms with van der Waals surface area (Å²) in [5.41, 5.74) is 5.65. The molecule has 0 spiro atoms. The molecular formula is C23H20N2O2. The molecule has 3 aliphatic rings. The highest BCUT2D eigenvalue weighted by Crippen LogP contribution is 2.51. The van der Waals surface area contributed by atoms with Gasteiger partial charge in [-0.2, -0.15) is 0 Å². The molecule has 1 N–H and O–H groups in total. The zero-order valence-electron chi connectivity index (χ0n) is 15.4. The second-order valence-electron chi connectivity index (χ2n) is 8.34. The smallest absolute Gasteiger partial charge is 0.192 e. The van der Waals surface area contributed by atoms with Gasteiger partial charge in [0, 0.05) is 52.7 Å². The van der Waals surface area contributed by atoms with Crippen LogP contribution in [0.4, 0.5) is 0 Å². The lowest BCUT2D eigenvalue weighted by molar-refractivity contribution is -0.118. The first-order valence-electron chi connectivity index (χ1n) is 9.28. The van der Waals surface area contributed by atoms with Crippen molar-refractivity contribution >= 4 is 17.3 Å². The van der Waals surface area contributed by atoms with E-state index in [9.17, 15) is 9.59 Å². The Labute approximate surface area is 158 Å². The fourth-order valence-corrected chi connectivity index (χ4v) is 4.67. The maximum Gasteiger partial charge on any atom is 0.192 e. The second-order valence-corrected chi connectivity index (χ2v) is 8.34. The third-order valence-electron chi connectivity index (χ3n) is 5.75. The molecular weight excluding hydrogens is 336 g/mol. The maximum atomic E-state index is 13.3. The Kier molecular flexibility index (Phi) is 3.29. The van der Waals surface area contributed by atoms with E-state index < -0.39 is 0 Å². The number of fused-ring (bicyclic) bond motifs is 2. The summed E-state index contributed by atoms with van der Waals surface area (Å²) in [5, 5.41) is 3.49. The Balaban J connectivity index is 1.76. The summed E-state index contributed by atoms with van der Waals surface area (Å²) >= 11 is 0. The van der Waals surface area contributed by atoms with Crippen LogP contribution in [-0.4, -0.2) is 16.6 Å². The van der Waals surface area contributed by atoms with Gasteiger partial charge in [0.25, 0.3) is 0 Å². The minimum atomic E-state index is -0.353. The van der Waals surface area contributed by atoms with Gasteiger partial charge in [-0.3, -0.25) is 14.6 Å². The number of hydrogen-bond donors (Lipinski definition) is 1. The molecule has 0 saturated heterocycles. The van der Waals surface area contributed by atoms with Gasteiger partial charge in [0.1, 0.15) is 0 Å². The quantitative estimate of drug-likeness (QED) is 0.838. The van der Waals surface area contributed by atoms with E-state index in [4.69, 9.17) is 0 Å². The zero-order valence-corrected chi connectivity index (χ0v) is 15.4. The number of aromatic nitrogens is 1. The van der Waals surface area contributed by atoms with Crippen LogP contribution in [-0.2, 0) is 4.79 Å². The number of nitrogens with one attached hydrogen (secondary N) is 1.